The van der Waals surface area contributed by atoms with Crippen LogP contribution in [0, 0.1) is 0 Å². The normalized spacial score (nSPS) is 10.5. The Bertz CT molecular complexity index is 1270. The van der Waals surface area contributed by atoms with Gasteiger partial charge in [0.1, 0.15) is 11.5 Å². The van der Waals surface area contributed by atoms with Gasteiger partial charge >= 0.3 is 0 Å². The van der Waals surface area contributed by atoms with Gasteiger partial charge in [-0.3, -0.25) is 9.59 Å². The lowest BCUT2D eigenvalue weighted by Crippen LogP contribution is -2.28. The molecule has 0 saturated carbocycles. The Morgan fingerprint density at radius 2 is 1.45 bits per heavy atom. The van der Waals surface area contributed by atoms with Crippen LogP contribution < -0.4 is 20.1 Å². The Kier molecular flexibility index (Phi) is 6.85. The summed E-state index contributed by atoms with van der Waals surface area (Å²) in [6.45, 7) is 0.196. The Morgan fingerprint density at radius 3 is 2.21 bits per heavy atom. The Morgan fingerprint density at radius 1 is 0.788 bits per heavy atom. The largest absolute Gasteiger partial charge is 0.495 e. The lowest BCUT2D eigenvalue weighted by atomic mass is 10.1. The second kappa shape index (κ2) is 10.3. The van der Waals surface area contributed by atoms with Crippen molar-refractivity contribution in [3.63, 3.8) is 0 Å². The van der Waals surface area contributed by atoms with E-state index in [9.17, 15) is 9.59 Å². The molecular weight excluding hydrogens is 416 g/mol. The molecule has 0 atom stereocenters. The Balaban J connectivity index is 1.53. The monoisotopic (exact) mass is 440 g/mol. The van der Waals surface area contributed by atoms with Crippen LogP contribution in [-0.2, 0) is 11.3 Å². The van der Waals surface area contributed by atoms with Crippen molar-refractivity contribution in [2.45, 2.75) is 6.54 Å². The maximum Gasteiger partial charge on any atom is 0.259 e. The number of carbonyl (C=O) groups is 2. The molecule has 6 nitrogen and oxygen atoms in total. The van der Waals surface area contributed by atoms with Gasteiger partial charge in [0.05, 0.1) is 18.4 Å². The van der Waals surface area contributed by atoms with Crippen LogP contribution in [0.25, 0.3) is 10.8 Å². The number of ether oxygens (including phenoxy) is 2. The minimum absolute atomic E-state index is 0.208. The first-order chi connectivity index (χ1) is 16.1. The highest BCUT2D eigenvalue weighted by Gasteiger charge is 2.17. The molecule has 0 aliphatic carbocycles. The molecule has 0 fully saturated rings. The molecule has 0 aromatic heterocycles. The molecule has 0 saturated heterocycles. The van der Waals surface area contributed by atoms with Gasteiger partial charge < -0.3 is 20.1 Å². The molecule has 4 aromatic rings. The van der Waals surface area contributed by atoms with Crippen LogP contribution in [0.2, 0.25) is 0 Å². The van der Waals surface area contributed by atoms with Crippen LogP contribution in [-0.4, -0.2) is 25.5 Å². The number of hydrogen-bond acceptors (Lipinski definition) is 4. The van der Waals surface area contributed by atoms with E-state index < -0.39 is 0 Å². The van der Waals surface area contributed by atoms with Crippen molar-refractivity contribution in [1.82, 2.24) is 5.32 Å². The zero-order chi connectivity index (χ0) is 23.0. The molecule has 4 rings (SSSR count). The van der Waals surface area contributed by atoms with Gasteiger partial charge in [0.25, 0.3) is 11.8 Å². The molecule has 166 valence electrons. The van der Waals surface area contributed by atoms with E-state index in [1.54, 1.807) is 31.4 Å². The number of hydrogen-bond donors (Lipinski definition) is 2. The first-order valence-corrected chi connectivity index (χ1v) is 10.5. The maximum atomic E-state index is 13.2. The molecule has 2 amide bonds. The molecule has 6 heteroatoms. The first-order valence-electron chi connectivity index (χ1n) is 10.5. The van der Waals surface area contributed by atoms with Crippen molar-refractivity contribution in [3.8, 4) is 11.5 Å². The number of fused-ring (bicyclic) bond motifs is 1. The second-order valence-corrected chi connectivity index (χ2v) is 7.40. The molecule has 0 aliphatic rings. The summed E-state index contributed by atoms with van der Waals surface area (Å²) in [4.78, 5) is 25.5. The van der Waals surface area contributed by atoms with E-state index in [4.69, 9.17) is 9.47 Å². The number of anilines is 1. The number of para-hydroxylation sites is 2. The predicted molar refractivity (Wildman–Crippen MR) is 129 cm³/mol. The quantitative estimate of drug-likeness (QED) is 0.413. The highest BCUT2D eigenvalue weighted by atomic mass is 16.5. The van der Waals surface area contributed by atoms with E-state index in [1.165, 1.54) is 0 Å². The number of rotatable bonds is 8. The van der Waals surface area contributed by atoms with Gasteiger partial charge in [0.2, 0.25) is 0 Å². The van der Waals surface area contributed by atoms with Gasteiger partial charge in [0, 0.05) is 6.54 Å². The van der Waals surface area contributed by atoms with Gasteiger partial charge in [-0.1, -0.05) is 66.7 Å². The highest BCUT2D eigenvalue weighted by molar-refractivity contribution is 6.09. The van der Waals surface area contributed by atoms with Crippen molar-refractivity contribution < 1.29 is 19.1 Å². The summed E-state index contributed by atoms with van der Waals surface area (Å²) in [6.07, 6.45) is 0. The standard InChI is InChI=1S/C27H24N2O4/c1-32-24-14-8-7-13-23(24)29-27(31)22-15-20-11-5-6-12-21(20)16-25(22)33-18-26(30)28-17-19-9-3-2-4-10-19/h2-16H,17-18H2,1H3,(H,28,30)(H,29,31). The molecule has 0 heterocycles. The van der Waals surface area contributed by atoms with Gasteiger partial charge in [0.15, 0.2) is 6.61 Å². The summed E-state index contributed by atoms with van der Waals surface area (Å²) in [7, 11) is 1.55. The van der Waals surface area contributed by atoms with Crippen LogP contribution in [0.3, 0.4) is 0 Å². The van der Waals surface area contributed by atoms with E-state index in [-0.39, 0.29) is 18.4 Å². The molecule has 2 N–H and O–H groups in total. The average Bonchev–Trinajstić information content (AvgIpc) is 2.86. The minimum atomic E-state index is -0.357. The predicted octanol–water partition coefficient (Wildman–Crippen LogP) is 4.80. The average molecular weight is 440 g/mol. The Labute approximate surface area is 192 Å². The molecule has 0 radical (unpaired) electrons. The lowest BCUT2D eigenvalue weighted by Gasteiger charge is -2.15. The number of carbonyl (C=O) groups excluding carboxylic acids is 2. The van der Waals surface area contributed by atoms with Gasteiger partial charge in [-0.05, 0) is 40.6 Å². The number of benzene rings is 4. The fourth-order valence-electron chi connectivity index (χ4n) is 3.44. The summed E-state index contributed by atoms with van der Waals surface area (Å²) in [5, 5.41) is 7.50. The van der Waals surface area contributed by atoms with Crippen molar-refractivity contribution in [1.29, 1.82) is 0 Å². The maximum absolute atomic E-state index is 13.2. The van der Waals surface area contributed by atoms with Crippen LogP contribution in [0.15, 0.2) is 91.0 Å². The highest BCUT2D eigenvalue weighted by Crippen LogP contribution is 2.29. The third kappa shape index (κ3) is 5.49. The smallest absolute Gasteiger partial charge is 0.259 e. The van der Waals surface area contributed by atoms with Crippen LogP contribution >= 0.6 is 0 Å². The molecule has 33 heavy (non-hydrogen) atoms. The number of amides is 2. The second-order valence-electron chi connectivity index (χ2n) is 7.40. The SMILES string of the molecule is COc1ccccc1NC(=O)c1cc2ccccc2cc1OCC(=O)NCc1ccccc1. The molecule has 4 aromatic carbocycles. The van der Waals surface area contributed by atoms with E-state index in [0.717, 1.165) is 16.3 Å². The molecule has 0 bridgehead atoms. The molecule has 0 unspecified atom stereocenters. The molecule has 0 aliphatic heterocycles. The lowest BCUT2D eigenvalue weighted by molar-refractivity contribution is -0.123. The first kappa shape index (κ1) is 21.9. The Hall–Kier alpha value is -4.32. The number of methoxy groups -OCH3 is 1. The van der Waals surface area contributed by atoms with Gasteiger partial charge in [-0.25, -0.2) is 0 Å². The van der Waals surface area contributed by atoms with Crippen molar-refractivity contribution >= 4 is 28.3 Å². The van der Waals surface area contributed by atoms with E-state index >= 15 is 0 Å². The van der Waals surface area contributed by atoms with Crippen LogP contribution in [0.5, 0.6) is 11.5 Å². The third-order valence-corrected chi connectivity index (χ3v) is 5.14. The van der Waals surface area contributed by atoms with E-state index in [0.29, 0.717) is 29.3 Å². The van der Waals surface area contributed by atoms with Crippen LogP contribution in [0.4, 0.5) is 5.69 Å². The van der Waals surface area contributed by atoms with Crippen molar-refractivity contribution in [2.24, 2.45) is 0 Å². The van der Waals surface area contributed by atoms with Gasteiger partial charge in [-0.2, -0.15) is 0 Å². The summed E-state index contributed by atoms with van der Waals surface area (Å²) < 4.78 is 11.1. The summed E-state index contributed by atoms with van der Waals surface area (Å²) >= 11 is 0. The van der Waals surface area contributed by atoms with E-state index in [1.807, 2.05) is 66.7 Å². The van der Waals surface area contributed by atoms with Gasteiger partial charge in [-0.15, -0.1) is 0 Å². The fraction of sp³-hybridized carbons (Fsp3) is 0.111. The topological polar surface area (TPSA) is 76.7 Å². The minimum Gasteiger partial charge on any atom is -0.495 e. The molecular formula is C27H24N2O4. The zero-order valence-corrected chi connectivity index (χ0v) is 18.2. The van der Waals surface area contributed by atoms with Crippen molar-refractivity contribution in [2.75, 3.05) is 19.0 Å². The summed E-state index contributed by atoms with van der Waals surface area (Å²) in [6, 6.07) is 28.0. The summed E-state index contributed by atoms with van der Waals surface area (Å²) in [5.41, 5.74) is 1.87. The zero-order valence-electron chi connectivity index (χ0n) is 18.2. The number of nitrogens with one attached hydrogen (secondary N) is 2. The van der Waals surface area contributed by atoms with E-state index in [2.05, 4.69) is 10.6 Å². The summed E-state index contributed by atoms with van der Waals surface area (Å²) in [5.74, 6) is 0.249. The fourth-order valence-corrected chi connectivity index (χ4v) is 3.44. The third-order valence-electron chi connectivity index (χ3n) is 5.14. The van der Waals surface area contributed by atoms with Crippen molar-refractivity contribution in [3.05, 3.63) is 102 Å². The van der Waals surface area contributed by atoms with Crippen LogP contribution in [0.1, 0.15) is 15.9 Å². The molecule has 0 spiro atoms.